The number of thioether (sulfide) groups is 1. The number of nitrogens with zero attached hydrogens (tertiary/aromatic N) is 2. The summed E-state index contributed by atoms with van der Waals surface area (Å²) >= 11 is 1.96. The van der Waals surface area contributed by atoms with E-state index >= 15 is 0 Å². The summed E-state index contributed by atoms with van der Waals surface area (Å²) in [6.45, 7) is 9.17. The van der Waals surface area contributed by atoms with Crippen LogP contribution in [0.2, 0.25) is 0 Å². The quantitative estimate of drug-likeness (QED) is 0.696. The van der Waals surface area contributed by atoms with Crippen molar-refractivity contribution >= 4 is 11.8 Å². The molecule has 2 heterocycles. The number of aromatic nitrogens is 2. The number of hydrogen-bond acceptors (Lipinski definition) is 3. The molecule has 1 saturated carbocycles. The lowest BCUT2D eigenvalue weighted by Gasteiger charge is -2.25. The fourth-order valence-electron chi connectivity index (χ4n) is 3.58. The molecule has 0 N–H and O–H groups in total. The predicted molar refractivity (Wildman–Crippen MR) is 102 cm³/mol. The van der Waals surface area contributed by atoms with Crippen LogP contribution in [0.25, 0.3) is 0 Å². The van der Waals surface area contributed by atoms with Gasteiger partial charge in [0, 0.05) is 29.3 Å². The minimum Gasteiger partial charge on any atom is -0.264 e. The van der Waals surface area contributed by atoms with E-state index in [2.05, 4.69) is 50.9 Å². The minimum absolute atomic E-state index is 0.0689. The molecule has 2 atom stereocenters. The molecule has 0 aromatic carbocycles. The first-order chi connectivity index (χ1) is 11.5. The van der Waals surface area contributed by atoms with E-state index < -0.39 is 0 Å². The van der Waals surface area contributed by atoms with E-state index in [0.29, 0.717) is 0 Å². The van der Waals surface area contributed by atoms with Crippen molar-refractivity contribution in [1.29, 1.82) is 0 Å². The van der Waals surface area contributed by atoms with Gasteiger partial charge in [-0.25, -0.2) is 4.98 Å². The number of pyridine rings is 2. The Labute approximate surface area is 150 Å². The Bertz CT molecular complexity index is 649. The van der Waals surface area contributed by atoms with Crippen LogP contribution in [0.1, 0.15) is 58.1 Å². The van der Waals surface area contributed by atoms with Crippen LogP contribution in [0.15, 0.2) is 47.9 Å². The Morgan fingerprint density at radius 1 is 1.08 bits per heavy atom. The molecule has 0 bridgehead atoms. The van der Waals surface area contributed by atoms with Crippen LogP contribution in [0.4, 0.5) is 0 Å². The van der Waals surface area contributed by atoms with Gasteiger partial charge in [-0.15, -0.1) is 11.8 Å². The zero-order valence-electron chi connectivity index (χ0n) is 15.2. The Hall–Kier alpha value is -1.35. The van der Waals surface area contributed by atoms with Gasteiger partial charge in [0.15, 0.2) is 0 Å². The average Bonchev–Trinajstić information content (AvgIpc) is 3.05. The second-order valence-corrected chi connectivity index (χ2v) is 9.13. The highest BCUT2D eigenvalue weighted by Crippen LogP contribution is 2.40. The summed E-state index contributed by atoms with van der Waals surface area (Å²) in [6, 6.07) is 8.57. The average molecular weight is 341 g/mol. The first kappa shape index (κ1) is 17.5. The molecular weight excluding hydrogens is 312 g/mol. The Morgan fingerprint density at radius 3 is 2.46 bits per heavy atom. The van der Waals surface area contributed by atoms with Crippen LogP contribution in [0.3, 0.4) is 0 Å². The third kappa shape index (κ3) is 3.83. The normalized spacial score (nSPS) is 21.4. The van der Waals surface area contributed by atoms with Crippen LogP contribution < -0.4 is 0 Å². The molecular formula is C21H28N2S. The number of rotatable bonds is 5. The van der Waals surface area contributed by atoms with Crippen molar-refractivity contribution in [3.63, 3.8) is 0 Å². The van der Waals surface area contributed by atoms with Gasteiger partial charge in [-0.1, -0.05) is 39.8 Å². The Morgan fingerprint density at radius 2 is 1.88 bits per heavy atom. The van der Waals surface area contributed by atoms with Gasteiger partial charge < -0.3 is 0 Å². The monoisotopic (exact) mass is 340 g/mol. The second-order valence-electron chi connectivity index (χ2n) is 7.81. The molecule has 2 nitrogen and oxygen atoms in total. The molecule has 0 saturated heterocycles. The van der Waals surface area contributed by atoms with E-state index in [1.165, 1.54) is 30.4 Å². The third-order valence-electron chi connectivity index (χ3n) is 5.50. The summed E-state index contributed by atoms with van der Waals surface area (Å²) in [5, 5.41) is 1.90. The maximum absolute atomic E-state index is 4.75. The van der Waals surface area contributed by atoms with Gasteiger partial charge in [0.2, 0.25) is 0 Å². The van der Waals surface area contributed by atoms with E-state index in [4.69, 9.17) is 4.98 Å². The van der Waals surface area contributed by atoms with Gasteiger partial charge in [0.25, 0.3) is 0 Å². The van der Waals surface area contributed by atoms with Gasteiger partial charge >= 0.3 is 0 Å². The highest BCUT2D eigenvalue weighted by Gasteiger charge is 2.28. The van der Waals surface area contributed by atoms with Gasteiger partial charge in [-0.3, -0.25) is 4.98 Å². The molecule has 1 fully saturated rings. The standard InChI is InChI=1S/C21H28N2S/c1-15(2)16-7-9-19(12-16)24-20-10-8-18(14-23-20)21(3,4)17-6-5-11-22-13-17/h5-6,8,10-11,13-16,19H,7,9,12H2,1-4H3. The van der Waals surface area contributed by atoms with Gasteiger partial charge in [-0.05, 0) is 54.4 Å². The van der Waals surface area contributed by atoms with Crippen LogP contribution in [0.5, 0.6) is 0 Å². The molecule has 0 radical (unpaired) electrons. The number of hydrogen-bond donors (Lipinski definition) is 0. The second kappa shape index (κ2) is 7.26. The largest absolute Gasteiger partial charge is 0.264 e. The molecule has 3 rings (SSSR count). The van der Waals surface area contributed by atoms with Crippen molar-refractivity contribution < 1.29 is 0 Å². The van der Waals surface area contributed by atoms with Crippen molar-refractivity contribution in [3.8, 4) is 0 Å². The van der Waals surface area contributed by atoms with Crippen LogP contribution >= 0.6 is 11.8 Å². The van der Waals surface area contributed by atoms with Crippen LogP contribution in [-0.4, -0.2) is 15.2 Å². The molecule has 2 aromatic rings. The fourth-order valence-corrected chi connectivity index (χ4v) is 4.77. The lowest BCUT2D eigenvalue weighted by Crippen LogP contribution is -2.19. The van der Waals surface area contributed by atoms with Gasteiger partial charge in [0.05, 0.1) is 5.03 Å². The summed E-state index contributed by atoms with van der Waals surface area (Å²) in [6.07, 6.45) is 9.87. The molecule has 3 heteroatoms. The highest BCUT2D eigenvalue weighted by atomic mass is 32.2. The smallest absolute Gasteiger partial charge is 0.0962 e. The van der Waals surface area contributed by atoms with Crippen molar-refractivity contribution in [2.24, 2.45) is 11.8 Å². The SMILES string of the molecule is CC(C)C1CCC(Sc2ccc(C(C)(C)c3cccnc3)cn2)C1. The zero-order valence-corrected chi connectivity index (χ0v) is 16.0. The van der Waals surface area contributed by atoms with Crippen molar-refractivity contribution in [1.82, 2.24) is 9.97 Å². The summed E-state index contributed by atoms with van der Waals surface area (Å²) in [5.74, 6) is 1.71. The molecule has 128 valence electrons. The molecule has 1 aliphatic carbocycles. The van der Waals surface area contributed by atoms with E-state index in [-0.39, 0.29) is 5.41 Å². The molecule has 2 unspecified atom stereocenters. The molecule has 2 aromatic heterocycles. The lowest BCUT2D eigenvalue weighted by atomic mass is 9.80. The maximum atomic E-state index is 4.75. The fraction of sp³-hybridized carbons (Fsp3) is 0.524. The van der Waals surface area contributed by atoms with Gasteiger partial charge in [-0.2, -0.15) is 0 Å². The molecule has 24 heavy (non-hydrogen) atoms. The van der Waals surface area contributed by atoms with Crippen molar-refractivity contribution in [2.75, 3.05) is 0 Å². The predicted octanol–water partition coefficient (Wildman–Crippen LogP) is 5.72. The topological polar surface area (TPSA) is 25.8 Å². The third-order valence-corrected chi connectivity index (χ3v) is 6.74. The summed E-state index contributed by atoms with van der Waals surface area (Å²) in [5.41, 5.74) is 2.40. The van der Waals surface area contributed by atoms with E-state index in [9.17, 15) is 0 Å². The first-order valence-electron chi connectivity index (χ1n) is 9.00. The molecule has 0 aliphatic heterocycles. The summed E-state index contributed by atoms with van der Waals surface area (Å²) < 4.78 is 0. The Balaban J connectivity index is 1.68. The first-order valence-corrected chi connectivity index (χ1v) is 9.88. The minimum atomic E-state index is -0.0689. The van der Waals surface area contributed by atoms with Gasteiger partial charge in [0.1, 0.15) is 0 Å². The summed E-state index contributed by atoms with van der Waals surface area (Å²) in [7, 11) is 0. The summed E-state index contributed by atoms with van der Waals surface area (Å²) in [4.78, 5) is 9.01. The highest BCUT2D eigenvalue weighted by molar-refractivity contribution is 7.99. The van der Waals surface area contributed by atoms with Crippen molar-refractivity contribution in [2.45, 2.75) is 62.6 Å². The van der Waals surface area contributed by atoms with E-state index in [1.807, 2.05) is 36.4 Å². The molecule has 0 spiro atoms. The zero-order chi connectivity index (χ0) is 17.2. The van der Waals surface area contributed by atoms with E-state index in [0.717, 1.165) is 22.1 Å². The van der Waals surface area contributed by atoms with Crippen molar-refractivity contribution in [3.05, 3.63) is 54.0 Å². The van der Waals surface area contributed by atoms with Crippen LogP contribution in [-0.2, 0) is 5.41 Å². The Kier molecular flexibility index (Phi) is 5.29. The van der Waals surface area contributed by atoms with E-state index in [1.54, 1.807) is 0 Å². The van der Waals surface area contributed by atoms with Crippen LogP contribution in [0, 0.1) is 11.8 Å². The molecule has 1 aliphatic rings. The molecule has 0 amide bonds. The maximum Gasteiger partial charge on any atom is 0.0962 e. The lowest BCUT2D eigenvalue weighted by molar-refractivity contribution is 0.397.